The number of nitrogens with zero attached hydrogens (tertiary/aromatic N) is 4. The molecule has 1 saturated heterocycles. The summed E-state index contributed by atoms with van der Waals surface area (Å²) in [4.78, 5) is 27.2. The van der Waals surface area contributed by atoms with E-state index in [9.17, 15) is 9.59 Å². The number of ether oxygens (including phenoxy) is 2. The van der Waals surface area contributed by atoms with E-state index >= 15 is 0 Å². The van der Waals surface area contributed by atoms with Crippen LogP contribution in [0.5, 0.6) is 0 Å². The minimum atomic E-state index is -0.439. The molecule has 162 valence electrons. The van der Waals surface area contributed by atoms with Crippen LogP contribution in [0.2, 0.25) is 0 Å². The number of anilines is 1. The molecule has 0 radical (unpaired) electrons. The van der Waals surface area contributed by atoms with Crippen molar-refractivity contribution in [3.8, 4) is 0 Å². The van der Waals surface area contributed by atoms with E-state index in [1.807, 2.05) is 44.2 Å². The van der Waals surface area contributed by atoms with E-state index in [0.29, 0.717) is 32.8 Å². The van der Waals surface area contributed by atoms with Crippen molar-refractivity contribution in [3.63, 3.8) is 0 Å². The Bertz CT molecular complexity index is 820. The van der Waals surface area contributed by atoms with E-state index in [-0.39, 0.29) is 23.4 Å². The van der Waals surface area contributed by atoms with E-state index in [1.165, 1.54) is 0 Å². The molecule has 1 aromatic heterocycles. The maximum atomic E-state index is 12.9. The number of amides is 2. The van der Waals surface area contributed by atoms with Crippen LogP contribution in [0.1, 0.15) is 37.2 Å². The Morgan fingerprint density at radius 2 is 1.93 bits per heavy atom. The number of rotatable bonds is 9. The molecule has 1 aliphatic rings. The summed E-state index contributed by atoms with van der Waals surface area (Å²) in [7, 11) is 0. The van der Waals surface area contributed by atoms with Crippen LogP contribution in [0.15, 0.2) is 36.5 Å². The number of carbonyl (C=O) groups is 2. The predicted octanol–water partition coefficient (Wildman–Crippen LogP) is 2.17. The Kier molecular flexibility index (Phi) is 7.92. The minimum absolute atomic E-state index is 0.0707. The van der Waals surface area contributed by atoms with Crippen molar-refractivity contribution in [1.82, 2.24) is 19.9 Å². The minimum Gasteiger partial charge on any atom is -0.351 e. The van der Waals surface area contributed by atoms with Crippen LogP contribution in [-0.2, 0) is 20.8 Å². The zero-order valence-corrected chi connectivity index (χ0v) is 17.5. The Hall–Kier alpha value is -2.78. The lowest BCUT2D eigenvalue weighted by Gasteiger charge is -2.31. The van der Waals surface area contributed by atoms with E-state index < -0.39 is 6.29 Å². The molecule has 1 atom stereocenters. The van der Waals surface area contributed by atoms with Crippen molar-refractivity contribution < 1.29 is 19.1 Å². The Morgan fingerprint density at radius 3 is 2.63 bits per heavy atom. The average Bonchev–Trinajstić information content (AvgIpc) is 3.23. The maximum absolute atomic E-state index is 12.9. The summed E-state index contributed by atoms with van der Waals surface area (Å²) >= 11 is 0. The van der Waals surface area contributed by atoms with Crippen LogP contribution in [0.4, 0.5) is 5.69 Å². The molecule has 30 heavy (non-hydrogen) atoms. The molecule has 0 bridgehead atoms. The van der Waals surface area contributed by atoms with Crippen LogP contribution in [0.25, 0.3) is 0 Å². The van der Waals surface area contributed by atoms with Gasteiger partial charge in [0.05, 0.1) is 18.7 Å². The molecule has 0 spiro atoms. The first kappa shape index (κ1) is 21.9. The van der Waals surface area contributed by atoms with Crippen LogP contribution in [0.3, 0.4) is 0 Å². The lowest BCUT2D eigenvalue weighted by Crippen LogP contribution is -2.43. The van der Waals surface area contributed by atoms with Gasteiger partial charge in [0.2, 0.25) is 5.91 Å². The van der Waals surface area contributed by atoms with Crippen molar-refractivity contribution in [1.29, 1.82) is 0 Å². The fourth-order valence-corrected chi connectivity index (χ4v) is 3.47. The Balaban J connectivity index is 1.58. The smallest absolute Gasteiger partial charge is 0.276 e. The molecule has 9 nitrogen and oxygen atoms in total. The summed E-state index contributed by atoms with van der Waals surface area (Å²) in [5.74, 6) is -0.542. The summed E-state index contributed by atoms with van der Waals surface area (Å²) < 4.78 is 12.6. The Morgan fingerprint density at radius 1 is 1.20 bits per heavy atom. The molecule has 1 aromatic carbocycles. The van der Waals surface area contributed by atoms with Gasteiger partial charge >= 0.3 is 0 Å². The summed E-state index contributed by atoms with van der Waals surface area (Å²) in [5, 5.41) is 11.0. The molecular weight excluding hydrogens is 386 g/mol. The third-order valence-electron chi connectivity index (χ3n) is 4.92. The molecule has 2 heterocycles. The van der Waals surface area contributed by atoms with E-state index in [1.54, 1.807) is 15.8 Å². The first-order valence-corrected chi connectivity index (χ1v) is 10.4. The van der Waals surface area contributed by atoms with Gasteiger partial charge in [-0.15, -0.1) is 5.10 Å². The van der Waals surface area contributed by atoms with Gasteiger partial charge in [0.15, 0.2) is 12.0 Å². The number of piperidine rings is 1. The Labute approximate surface area is 176 Å². The number of benzene rings is 1. The van der Waals surface area contributed by atoms with Crippen molar-refractivity contribution in [2.45, 2.75) is 39.5 Å². The number of para-hydroxylation sites is 1. The predicted molar refractivity (Wildman–Crippen MR) is 111 cm³/mol. The highest BCUT2D eigenvalue weighted by molar-refractivity contribution is 5.95. The number of aromatic nitrogens is 3. The zero-order valence-electron chi connectivity index (χ0n) is 17.5. The molecule has 0 saturated carbocycles. The molecule has 1 unspecified atom stereocenters. The molecule has 0 aliphatic carbocycles. The molecule has 1 fully saturated rings. The summed E-state index contributed by atoms with van der Waals surface area (Å²) in [6, 6.07) is 9.34. The van der Waals surface area contributed by atoms with Gasteiger partial charge < -0.3 is 19.7 Å². The topological polar surface area (TPSA) is 98.6 Å². The van der Waals surface area contributed by atoms with Crippen molar-refractivity contribution >= 4 is 17.5 Å². The lowest BCUT2D eigenvalue weighted by molar-refractivity contribution is -0.145. The molecule has 3 rings (SSSR count). The molecular formula is C21H29N5O4. The van der Waals surface area contributed by atoms with Gasteiger partial charge in [-0.3, -0.25) is 9.59 Å². The normalized spacial score (nSPS) is 16.6. The third-order valence-corrected chi connectivity index (χ3v) is 4.92. The highest BCUT2D eigenvalue weighted by Crippen LogP contribution is 2.20. The SMILES string of the molecule is CCOC(Cn1cc(C(=O)N2CCCC(C(=O)Nc3ccccc3)C2)nn1)OCC. The summed E-state index contributed by atoms with van der Waals surface area (Å²) in [5.41, 5.74) is 1.01. The number of nitrogens with one attached hydrogen (secondary N) is 1. The second-order valence-corrected chi connectivity index (χ2v) is 7.11. The maximum Gasteiger partial charge on any atom is 0.276 e. The molecule has 1 aliphatic heterocycles. The zero-order chi connectivity index (χ0) is 21.3. The van der Waals surface area contributed by atoms with Gasteiger partial charge in [-0.25, -0.2) is 4.68 Å². The van der Waals surface area contributed by atoms with Gasteiger partial charge in [0.25, 0.3) is 5.91 Å². The van der Waals surface area contributed by atoms with Gasteiger partial charge in [0, 0.05) is 32.0 Å². The number of likely N-dealkylation sites (tertiary alicyclic amines) is 1. The van der Waals surface area contributed by atoms with Gasteiger partial charge in [0.1, 0.15) is 0 Å². The number of hydrogen-bond acceptors (Lipinski definition) is 6. The van der Waals surface area contributed by atoms with E-state index in [2.05, 4.69) is 15.6 Å². The van der Waals surface area contributed by atoms with E-state index in [0.717, 1.165) is 18.5 Å². The molecule has 2 amide bonds. The van der Waals surface area contributed by atoms with Crippen LogP contribution in [-0.4, -0.2) is 64.3 Å². The standard InChI is InChI=1S/C21H29N5O4/c1-3-29-19(30-4-2)15-26-14-18(23-24-26)21(28)25-12-8-9-16(13-25)20(27)22-17-10-6-5-7-11-17/h5-7,10-11,14,16,19H,3-4,8-9,12-13,15H2,1-2H3,(H,22,27). The highest BCUT2D eigenvalue weighted by atomic mass is 16.7. The van der Waals surface area contributed by atoms with E-state index in [4.69, 9.17) is 9.47 Å². The monoisotopic (exact) mass is 415 g/mol. The van der Waals surface area contributed by atoms with Crippen molar-refractivity contribution in [2.75, 3.05) is 31.6 Å². The quantitative estimate of drug-likeness (QED) is 0.630. The van der Waals surface area contributed by atoms with Gasteiger partial charge in [-0.05, 0) is 38.8 Å². The van der Waals surface area contributed by atoms with Crippen molar-refractivity contribution in [3.05, 3.63) is 42.2 Å². The van der Waals surface area contributed by atoms with Crippen LogP contribution in [0, 0.1) is 5.92 Å². The van der Waals surface area contributed by atoms with Crippen LogP contribution < -0.4 is 5.32 Å². The van der Waals surface area contributed by atoms with Crippen LogP contribution >= 0.6 is 0 Å². The highest BCUT2D eigenvalue weighted by Gasteiger charge is 2.30. The second-order valence-electron chi connectivity index (χ2n) is 7.11. The van der Waals surface area contributed by atoms with Crippen molar-refractivity contribution in [2.24, 2.45) is 5.92 Å². The molecule has 9 heteroatoms. The largest absolute Gasteiger partial charge is 0.351 e. The second kappa shape index (κ2) is 10.8. The average molecular weight is 415 g/mol. The fraction of sp³-hybridized carbons (Fsp3) is 0.524. The fourth-order valence-electron chi connectivity index (χ4n) is 3.47. The molecule has 2 aromatic rings. The van der Waals surface area contributed by atoms with Gasteiger partial charge in [-0.1, -0.05) is 23.4 Å². The number of carbonyl (C=O) groups excluding carboxylic acids is 2. The third kappa shape index (κ3) is 5.87. The first-order chi connectivity index (χ1) is 14.6. The number of hydrogen-bond donors (Lipinski definition) is 1. The lowest BCUT2D eigenvalue weighted by atomic mass is 9.96. The summed E-state index contributed by atoms with van der Waals surface area (Å²) in [6.07, 6.45) is 2.68. The van der Waals surface area contributed by atoms with Gasteiger partial charge in [-0.2, -0.15) is 0 Å². The first-order valence-electron chi connectivity index (χ1n) is 10.4. The summed E-state index contributed by atoms with van der Waals surface area (Å²) in [6.45, 7) is 6.14. The molecule has 1 N–H and O–H groups in total.